The summed E-state index contributed by atoms with van der Waals surface area (Å²) in [6, 6.07) is 15.0. The van der Waals surface area contributed by atoms with E-state index in [1.54, 1.807) is 18.2 Å². The molecule has 1 aliphatic rings. The second-order valence-electron chi connectivity index (χ2n) is 7.17. The van der Waals surface area contributed by atoms with Crippen molar-refractivity contribution in [2.24, 2.45) is 0 Å². The molecule has 0 aliphatic carbocycles. The van der Waals surface area contributed by atoms with E-state index in [2.05, 4.69) is 19.2 Å². The van der Waals surface area contributed by atoms with E-state index in [-0.39, 0.29) is 11.8 Å². The second-order valence-corrected chi connectivity index (χ2v) is 9.56. The fraction of sp³-hybridized carbons (Fsp3) is 0.429. The van der Waals surface area contributed by atoms with Gasteiger partial charge in [-0.3, -0.25) is 5.32 Å². The van der Waals surface area contributed by atoms with E-state index in [4.69, 9.17) is 11.6 Å². The predicted octanol–water partition coefficient (Wildman–Crippen LogP) is 5.15. The van der Waals surface area contributed by atoms with Crippen molar-refractivity contribution < 1.29 is 8.42 Å². The molecule has 1 heterocycles. The van der Waals surface area contributed by atoms with Gasteiger partial charge < -0.3 is 0 Å². The van der Waals surface area contributed by atoms with Gasteiger partial charge in [0.05, 0.1) is 16.7 Å². The molecule has 0 spiro atoms. The molecule has 0 radical (unpaired) electrons. The van der Waals surface area contributed by atoms with E-state index in [9.17, 15) is 8.42 Å². The van der Waals surface area contributed by atoms with E-state index in [0.29, 0.717) is 9.92 Å². The predicted molar refractivity (Wildman–Crippen MR) is 107 cm³/mol. The number of nitrogens with one attached hydrogen (secondary N) is 1. The lowest BCUT2D eigenvalue weighted by molar-refractivity contribution is 0.295. The largest absolute Gasteiger partial charge is 0.300 e. The summed E-state index contributed by atoms with van der Waals surface area (Å²) in [7, 11) is -3.41. The third-order valence-electron chi connectivity index (χ3n) is 5.35. The molecular formula is C21H26ClNO2S. The van der Waals surface area contributed by atoms with E-state index >= 15 is 0 Å². The van der Waals surface area contributed by atoms with Gasteiger partial charge in [-0.05, 0) is 42.2 Å². The van der Waals surface area contributed by atoms with Crippen molar-refractivity contribution >= 4 is 21.4 Å². The van der Waals surface area contributed by atoms with Gasteiger partial charge in [-0.1, -0.05) is 68.6 Å². The van der Waals surface area contributed by atoms with Crippen LogP contribution in [0.25, 0.3) is 0 Å². The van der Waals surface area contributed by atoms with Crippen molar-refractivity contribution in [3.8, 4) is 0 Å². The first-order valence-corrected chi connectivity index (χ1v) is 11.3. The minimum Gasteiger partial charge on any atom is -0.300 e. The second kappa shape index (κ2) is 7.71. The summed E-state index contributed by atoms with van der Waals surface area (Å²) in [6.45, 7) is 4.21. The molecule has 0 amide bonds. The lowest BCUT2D eigenvalue weighted by atomic mass is 9.88. The summed E-state index contributed by atoms with van der Waals surface area (Å²) < 4.78 is 26.5. The third-order valence-corrected chi connectivity index (χ3v) is 7.56. The molecule has 2 atom stereocenters. The van der Waals surface area contributed by atoms with Crippen LogP contribution in [0.5, 0.6) is 0 Å². The Morgan fingerprint density at radius 2 is 1.88 bits per heavy atom. The normalized spacial score (nSPS) is 24.7. The molecule has 26 heavy (non-hydrogen) atoms. The minimum atomic E-state index is -3.41. The molecular weight excluding hydrogens is 366 g/mol. The van der Waals surface area contributed by atoms with Gasteiger partial charge in [-0.25, -0.2) is 8.42 Å². The summed E-state index contributed by atoms with van der Waals surface area (Å²) in [5, 5.41) is 4.29. The molecule has 3 nitrogen and oxygen atoms in total. The van der Waals surface area contributed by atoms with Gasteiger partial charge in [0.1, 0.15) is 0 Å². The highest BCUT2D eigenvalue weighted by molar-refractivity contribution is 7.91. The molecule has 1 N–H and O–H groups in total. The maximum absolute atomic E-state index is 13.2. The number of halogens is 1. The number of hydrogen-bond acceptors (Lipinski definition) is 3. The molecule has 0 unspecified atom stereocenters. The number of fused-ring (bicyclic) bond motifs is 1. The number of rotatable bonds is 5. The van der Waals surface area contributed by atoms with Crippen LogP contribution in [-0.2, 0) is 9.84 Å². The summed E-state index contributed by atoms with van der Waals surface area (Å²) >= 11 is 6.24. The van der Waals surface area contributed by atoms with Gasteiger partial charge in [-0.15, -0.1) is 0 Å². The molecule has 0 saturated heterocycles. The standard InChI is InChI=1S/C21H26ClNO2S/c1-3-5-13-21(4-2)15-26(24,25)19-12-11-17(22)14-18(19)20(23-21)16-9-7-6-8-10-16/h6-12,14,20,23H,3-5,13,15H2,1-2H3/t20-,21-/m0/s1. The zero-order valence-electron chi connectivity index (χ0n) is 15.3. The summed E-state index contributed by atoms with van der Waals surface area (Å²) in [6.07, 6.45) is 3.63. The molecule has 2 aromatic rings. The van der Waals surface area contributed by atoms with Crippen molar-refractivity contribution in [3.05, 3.63) is 64.7 Å². The molecule has 0 saturated carbocycles. The maximum Gasteiger partial charge on any atom is 0.180 e. The first kappa shape index (κ1) is 19.4. The average Bonchev–Trinajstić information content (AvgIpc) is 2.73. The Labute approximate surface area is 161 Å². The van der Waals surface area contributed by atoms with Crippen LogP contribution in [0.2, 0.25) is 5.02 Å². The smallest absolute Gasteiger partial charge is 0.180 e. The molecule has 0 fully saturated rings. The monoisotopic (exact) mass is 391 g/mol. The van der Waals surface area contributed by atoms with Crippen LogP contribution < -0.4 is 5.32 Å². The van der Waals surface area contributed by atoms with Gasteiger partial charge in [-0.2, -0.15) is 0 Å². The van der Waals surface area contributed by atoms with E-state index in [0.717, 1.165) is 36.8 Å². The molecule has 140 valence electrons. The fourth-order valence-electron chi connectivity index (χ4n) is 3.84. The quantitative estimate of drug-likeness (QED) is 0.767. The van der Waals surface area contributed by atoms with Crippen LogP contribution in [0.15, 0.2) is 53.4 Å². The van der Waals surface area contributed by atoms with Gasteiger partial charge in [0.25, 0.3) is 0 Å². The highest BCUT2D eigenvalue weighted by Crippen LogP contribution is 2.39. The fourth-order valence-corrected chi connectivity index (χ4v) is 6.15. The van der Waals surface area contributed by atoms with E-state index < -0.39 is 15.4 Å². The van der Waals surface area contributed by atoms with Gasteiger partial charge >= 0.3 is 0 Å². The SMILES string of the molecule is CCCC[C@@]1(CC)CS(=O)(=O)c2ccc(Cl)cc2[C@H](c2ccccc2)N1. The number of benzene rings is 2. The average molecular weight is 392 g/mol. The Bertz CT molecular complexity index is 867. The van der Waals surface area contributed by atoms with Gasteiger partial charge in [0.15, 0.2) is 9.84 Å². The van der Waals surface area contributed by atoms with Crippen LogP contribution in [0.3, 0.4) is 0 Å². The highest BCUT2D eigenvalue weighted by Gasteiger charge is 2.41. The van der Waals surface area contributed by atoms with Crippen LogP contribution in [0.4, 0.5) is 0 Å². The summed E-state index contributed by atoms with van der Waals surface area (Å²) in [5.74, 6) is 0.120. The van der Waals surface area contributed by atoms with Crippen LogP contribution >= 0.6 is 11.6 Å². The van der Waals surface area contributed by atoms with Crippen LogP contribution in [0.1, 0.15) is 56.7 Å². The summed E-state index contributed by atoms with van der Waals surface area (Å²) in [5.41, 5.74) is 1.36. The Morgan fingerprint density at radius 3 is 2.54 bits per heavy atom. The molecule has 1 aliphatic heterocycles. The highest BCUT2D eigenvalue weighted by atomic mass is 35.5. The van der Waals surface area contributed by atoms with Crippen molar-refractivity contribution in [2.75, 3.05) is 5.75 Å². The van der Waals surface area contributed by atoms with Crippen LogP contribution in [-0.4, -0.2) is 19.7 Å². The molecule has 0 bridgehead atoms. The third kappa shape index (κ3) is 3.83. The lowest BCUT2D eigenvalue weighted by Gasteiger charge is -2.35. The van der Waals surface area contributed by atoms with Crippen molar-refractivity contribution in [3.63, 3.8) is 0 Å². The molecule has 0 aromatic heterocycles. The van der Waals surface area contributed by atoms with Gasteiger partial charge in [0, 0.05) is 10.6 Å². The molecule has 3 rings (SSSR count). The minimum absolute atomic E-state index is 0.120. The zero-order chi connectivity index (χ0) is 18.8. The Hall–Kier alpha value is -1.36. The van der Waals surface area contributed by atoms with Crippen molar-refractivity contribution in [1.82, 2.24) is 5.32 Å². The number of unbranched alkanes of at least 4 members (excludes halogenated alkanes) is 1. The van der Waals surface area contributed by atoms with Crippen molar-refractivity contribution in [1.29, 1.82) is 0 Å². The van der Waals surface area contributed by atoms with Gasteiger partial charge in [0.2, 0.25) is 0 Å². The number of sulfone groups is 1. The molecule has 5 heteroatoms. The van der Waals surface area contributed by atoms with E-state index in [1.807, 2.05) is 30.3 Å². The topological polar surface area (TPSA) is 46.2 Å². The van der Waals surface area contributed by atoms with Crippen molar-refractivity contribution in [2.45, 2.75) is 56.0 Å². The molecule has 2 aromatic carbocycles. The van der Waals surface area contributed by atoms with E-state index in [1.165, 1.54) is 0 Å². The Kier molecular flexibility index (Phi) is 5.75. The zero-order valence-corrected chi connectivity index (χ0v) is 16.9. The first-order chi connectivity index (χ1) is 12.4. The number of hydrogen-bond donors (Lipinski definition) is 1. The maximum atomic E-state index is 13.2. The lowest BCUT2D eigenvalue weighted by Crippen LogP contribution is -2.50. The van der Waals surface area contributed by atoms with Crippen LogP contribution in [0, 0.1) is 0 Å². The summed E-state index contributed by atoms with van der Waals surface area (Å²) in [4.78, 5) is 0.398. The Morgan fingerprint density at radius 1 is 1.15 bits per heavy atom. The first-order valence-electron chi connectivity index (χ1n) is 9.25. The Balaban J connectivity index is 2.21.